The number of carbonyl (C=O) groups is 5. The number of hydrogen-bond acceptors (Lipinski definition) is 8. The Morgan fingerprint density at radius 2 is 1.44 bits per heavy atom. The molecule has 0 aromatic carbocycles. The molecule has 6 unspecified atom stereocenters. The highest BCUT2D eigenvalue weighted by atomic mass is 16.4. The van der Waals surface area contributed by atoms with Crippen molar-refractivity contribution in [2.24, 2.45) is 23.1 Å². The quantitative estimate of drug-likeness (QED) is 0.102. The van der Waals surface area contributed by atoms with Crippen LogP contribution in [-0.4, -0.2) is 76.6 Å². The maximum atomic E-state index is 13.0. The minimum Gasteiger partial charge on any atom is -0.480 e. The second kappa shape index (κ2) is 16.0. The highest BCUT2D eigenvalue weighted by Crippen LogP contribution is 2.10. The van der Waals surface area contributed by atoms with E-state index in [-0.39, 0.29) is 18.8 Å². The number of aliphatic hydroxyl groups is 1. The molecule has 0 saturated carbocycles. The second-order valence-corrected chi connectivity index (χ2v) is 8.39. The first-order valence-corrected chi connectivity index (χ1v) is 11.4. The third-order valence-electron chi connectivity index (χ3n) is 5.46. The van der Waals surface area contributed by atoms with Gasteiger partial charge in [0.05, 0.1) is 12.1 Å². The zero-order valence-corrected chi connectivity index (χ0v) is 20.1. The van der Waals surface area contributed by atoms with Crippen molar-refractivity contribution in [3.63, 3.8) is 0 Å². The number of primary amides is 1. The predicted octanol–water partition coefficient (Wildman–Crippen LogP) is -2.33. The first-order chi connectivity index (χ1) is 15.8. The van der Waals surface area contributed by atoms with E-state index in [9.17, 15) is 34.2 Å². The van der Waals surface area contributed by atoms with E-state index in [0.29, 0.717) is 32.2 Å². The molecule has 0 aromatic rings. The fraction of sp³-hybridized carbons (Fsp3) is 0.762. The molecule has 0 radical (unpaired) electrons. The summed E-state index contributed by atoms with van der Waals surface area (Å²) in [6.45, 7) is 5.26. The van der Waals surface area contributed by atoms with Gasteiger partial charge in [0.1, 0.15) is 18.1 Å². The standard InChI is InChI=1S/C21H40N6O7/c1-4-11(2)16(26-18(30)13(23)7-5-6-10-22)19(31)27-17(12(3)28)20(32)25-14(21(33)34)8-9-15(24)29/h11-14,16-17,28H,4-10,22-23H2,1-3H3,(H2,24,29)(H,25,32)(H,26,30)(H,27,31)(H,33,34). The van der Waals surface area contributed by atoms with E-state index < -0.39 is 59.9 Å². The van der Waals surface area contributed by atoms with E-state index >= 15 is 0 Å². The Bertz CT molecular complexity index is 703. The third kappa shape index (κ3) is 11.4. The van der Waals surface area contributed by atoms with Crippen molar-refractivity contribution in [3.8, 4) is 0 Å². The summed E-state index contributed by atoms with van der Waals surface area (Å²) in [5.41, 5.74) is 16.4. The molecule has 0 aliphatic heterocycles. The van der Waals surface area contributed by atoms with Crippen LogP contribution in [0.3, 0.4) is 0 Å². The number of carboxylic acids is 1. The maximum absolute atomic E-state index is 13.0. The Morgan fingerprint density at radius 3 is 1.91 bits per heavy atom. The lowest BCUT2D eigenvalue weighted by Gasteiger charge is -2.29. The van der Waals surface area contributed by atoms with Crippen molar-refractivity contribution in [1.82, 2.24) is 16.0 Å². The summed E-state index contributed by atoms with van der Waals surface area (Å²) in [5.74, 6) is -4.71. The zero-order valence-electron chi connectivity index (χ0n) is 20.1. The number of aliphatic carboxylic acids is 1. The molecule has 196 valence electrons. The third-order valence-corrected chi connectivity index (χ3v) is 5.46. The van der Waals surface area contributed by atoms with Crippen LogP contribution in [0.5, 0.6) is 0 Å². The Balaban J connectivity index is 5.39. The Labute approximate surface area is 199 Å². The molecule has 0 aromatic heterocycles. The smallest absolute Gasteiger partial charge is 0.326 e. The fourth-order valence-corrected chi connectivity index (χ4v) is 3.06. The number of unbranched alkanes of at least 4 members (excludes halogenated alkanes) is 1. The molecule has 0 heterocycles. The molecular weight excluding hydrogens is 448 g/mol. The lowest BCUT2D eigenvalue weighted by molar-refractivity contribution is -0.143. The van der Waals surface area contributed by atoms with Gasteiger partial charge < -0.3 is 43.4 Å². The predicted molar refractivity (Wildman–Crippen MR) is 124 cm³/mol. The van der Waals surface area contributed by atoms with E-state index in [1.807, 2.05) is 6.92 Å². The SMILES string of the molecule is CCC(C)C(NC(=O)C(N)CCCCN)C(=O)NC(C(=O)NC(CCC(N)=O)C(=O)O)C(C)O. The lowest BCUT2D eigenvalue weighted by atomic mass is 9.96. The summed E-state index contributed by atoms with van der Waals surface area (Å²) >= 11 is 0. The molecule has 0 rings (SSSR count). The maximum Gasteiger partial charge on any atom is 0.326 e. The first kappa shape index (κ1) is 31.2. The van der Waals surface area contributed by atoms with Crippen molar-refractivity contribution < 1.29 is 34.2 Å². The van der Waals surface area contributed by atoms with Crippen LogP contribution in [0.1, 0.15) is 59.3 Å². The summed E-state index contributed by atoms with van der Waals surface area (Å²) in [6.07, 6.45) is 0.329. The van der Waals surface area contributed by atoms with Gasteiger partial charge in [0.2, 0.25) is 23.6 Å². The van der Waals surface area contributed by atoms with Gasteiger partial charge in [-0.05, 0) is 38.6 Å². The topological polar surface area (TPSA) is 240 Å². The molecule has 0 aliphatic carbocycles. The number of amides is 4. The molecule has 0 spiro atoms. The van der Waals surface area contributed by atoms with Crippen LogP contribution in [0.15, 0.2) is 0 Å². The van der Waals surface area contributed by atoms with Crippen molar-refractivity contribution >= 4 is 29.6 Å². The Hall–Kier alpha value is -2.77. The van der Waals surface area contributed by atoms with E-state index in [1.54, 1.807) is 6.92 Å². The van der Waals surface area contributed by atoms with Gasteiger partial charge in [-0.3, -0.25) is 19.2 Å². The average molecular weight is 489 g/mol. The first-order valence-electron chi connectivity index (χ1n) is 11.4. The van der Waals surface area contributed by atoms with E-state index in [0.717, 1.165) is 0 Å². The molecule has 13 heteroatoms. The minimum atomic E-state index is -1.51. The van der Waals surface area contributed by atoms with Crippen molar-refractivity contribution in [1.29, 1.82) is 0 Å². The van der Waals surface area contributed by atoms with Crippen LogP contribution in [0.25, 0.3) is 0 Å². The molecule has 34 heavy (non-hydrogen) atoms. The van der Waals surface area contributed by atoms with Crippen LogP contribution < -0.4 is 33.2 Å². The molecule has 0 saturated heterocycles. The largest absolute Gasteiger partial charge is 0.480 e. The summed E-state index contributed by atoms with van der Waals surface area (Å²) in [7, 11) is 0. The molecule has 6 atom stereocenters. The van der Waals surface area contributed by atoms with Gasteiger partial charge in [-0.25, -0.2) is 4.79 Å². The van der Waals surface area contributed by atoms with E-state index in [2.05, 4.69) is 16.0 Å². The minimum absolute atomic E-state index is 0.259. The number of nitrogens with one attached hydrogen (secondary N) is 3. The molecule has 13 nitrogen and oxygen atoms in total. The number of aliphatic hydroxyl groups excluding tert-OH is 1. The zero-order chi connectivity index (χ0) is 26.4. The highest BCUT2D eigenvalue weighted by Gasteiger charge is 2.34. The van der Waals surface area contributed by atoms with Crippen LogP contribution >= 0.6 is 0 Å². The fourth-order valence-electron chi connectivity index (χ4n) is 3.06. The number of nitrogens with two attached hydrogens (primary N) is 3. The van der Waals surface area contributed by atoms with Gasteiger partial charge in [-0.1, -0.05) is 26.7 Å². The summed E-state index contributed by atoms with van der Waals surface area (Å²) in [5, 5.41) is 26.5. The highest BCUT2D eigenvalue weighted by molar-refractivity contribution is 5.94. The number of rotatable bonds is 17. The number of carboxylic acid groups (broad SMARTS) is 1. The van der Waals surface area contributed by atoms with Crippen LogP contribution in [0, 0.1) is 5.92 Å². The van der Waals surface area contributed by atoms with Crippen molar-refractivity contribution in [2.45, 2.75) is 89.6 Å². The van der Waals surface area contributed by atoms with Crippen molar-refractivity contribution in [2.75, 3.05) is 6.54 Å². The lowest BCUT2D eigenvalue weighted by Crippen LogP contribution is -2.61. The molecule has 4 amide bonds. The summed E-state index contributed by atoms with van der Waals surface area (Å²) in [6, 6.07) is -4.85. The van der Waals surface area contributed by atoms with Gasteiger partial charge in [0, 0.05) is 6.42 Å². The average Bonchev–Trinajstić information content (AvgIpc) is 2.76. The van der Waals surface area contributed by atoms with Gasteiger partial charge in [0.15, 0.2) is 0 Å². The monoisotopic (exact) mass is 488 g/mol. The Morgan fingerprint density at radius 1 is 0.882 bits per heavy atom. The summed E-state index contributed by atoms with van der Waals surface area (Å²) in [4.78, 5) is 60.4. The van der Waals surface area contributed by atoms with E-state index in [1.165, 1.54) is 6.92 Å². The second-order valence-electron chi connectivity index (χ2n) is 8.39. The van der Waals surface area contributed by atoms with Gasteiger partial charge >= 0.3 is 5.97 Å². The van der Waals surface area contributed by atoms with Crippen molar-refractivity contribution in [3.05, 3.63) is 0 Å². The number of carbonyl (C=O) groups excluding carboxylic acids is 4. The van der Waals surface area contributed by atoms with Crippen LogP contribution in [0.4, 0.5) is 0 Å². The normalized spacial score (nSPS) is 16.3. The Kier molecular flexibility index (Phi) is 14.7. The van der Waals surface area contributed by atoms with Gasteiger partial charge in [-0.2, -0.15) is 0 Å². The van der Waals surface area contributed by atoms with Gasteiger partial charge in [0.25, 0.3) is 0 Å². The molecular formula is C21H40N6O7. The number of hydrogen-bond donors (Lipinski definition) is 8. The molecule has 0 fully saturated rings. The van der Waals surface area contributed by atoms with E-state index in [4.69, 9.17) is 17.2 Å². The molecule has 0 aliphatic rings. The van der Waals surface area contributed by atoms with Gasteiger partial charge in [-0.15, -0.1) is 0 Å². The summed E-state index contributed by atoms with van der Waals surface area (Å²) < 4.78 is 0. The molecule has 0 bridgehead atoms. The van der Waals surface area contributed by atoms with Crippen LogP contribution in [0.2, 0.25) is 0 Å². The van der Waals surface area contributed by atoms with Crippen LogP contribution in [-0.2, 0) is 24.0 Å². The molecule has 11 N–H and O–H groups in total.